The maximum absolute atomic E-state index is 13.3. The Hall–Kier alpha value is -3.58. The van der Waals surface area contributed by atoms with Crippen molar-refractivity contribution in [3.8, 4) is 11.4 Å². The zero-order chi connectivity index (χ0) is 22.8. The molecule has 0 spiro atoms. The Balaban J connectivity index is 1.42. The minimum Gasteiger partial charge on any atom is -0.493 e. The molecule has 0 saturated carbocycles. The molecular weight excluding hydrogens is 434 g/mol. The van der Waals surface area contributed by atoms with E-state index in [4.69, 9.17) is 9.72 Å². The molecule has 33 heavy (non-hydrogen) atoms. The van der Waals surface area contributed by atoms with Crippen LogP contribution < -0.4 is 15.6 Å². The fourth-order valence-electron chi connectivity index (χ4n) is 3.99. The molecule has 1 N–H and O–H groups in total. The van der Waals surface area contributed by atoms with Gasteiger partial charge in [0.25, 0.3) is 5.56 Å². The van der Waals surface area contributed by atoms with Gasteiger partial charge in [0.05, 0.1) is 35.0 Å². The van der Waals surface area contributed by atoms with Gasteiger partial charge in [0.2, 0.25) is 5.91 Å². The van der Waals surface area contributed by atoms with Gasteiger partial charge >= 0.3 is 0 Å². The predicted molar refractivity (Wildman–Crippen MR) is 130 cm³/mol. The number of fused-ring (bicyclic) bond motifs is 2. The monoisotopic (exact) mass is 457 g/mol. The van der Waals surface area contributed by atoms with E-state index in [1.807, 2.05) is 73.7 Å². The van der Waals surface area contributed by atoms with E-state index in [0.717, 1.165) is 29.0 Å². The minimum atomic E-state index is -0.147. The Morgan fingerprint density at radius 2 is 1.85 bits per heavy atom. The molecule has 1 aromatic heterocycles. The summed E-state index contributed by atoms with van der Waals surface area (Å²) in [5.41, 5.74) is 3.29. The SMILES string of the molecule is Cc1ccc(-n2c(SCC(=O)N[C@H]3CCOc4ccccc43)nc3ccccc3c2=O)cc1. The molecule has 1 atom stereocenters. The highest BCUT2D eigenvalue weighted by atomic mass is 32.2. The molecule has 1 aliphatic heterocycles. The maximum atomic E-state index is 13.3. The number of aromatic nitrogens is 2. The van der Waals surface area contributed by atoms with E-state index in [-0.39, 0.29) is 23.3 Å². The quantitative estimate of drug-likeness (QED) is 0.355. The Labute approximate surface area is 195 Å². The normalized spacial score (nSPS) is 15.0. The summed E-state index contributed by atoms with van der Waals surface area (Å²) in [6.07, 6.45) is 0.718. The van der Waals surface area contributed by atoms with E-state index in [2.05, 4.69) is 5.32 Å². The van der Waals surface area contributed by atoms with Crippen LogP contribution in [-0.4, -0.2) is 27.8 Å². The van der Waals surface area contributed by atoms with Crippen LogP contribution in [0.2, 0.25) is 0 Å². The molecule has 166 valence electrons. The lowest BCUT2D eigenvalue weighted by molar-refractivity contribution is -0.119. The second-order valence-corrected chi connectivity index (χ2v) is 8.91. The predicted octanol–water partition coefficient (Wildman–Crippen LogP) is 4.43. The summed E-state index contributed by atoms with van der Waals surface area (Å²) in [6, 6.07) is 22.7. The van der Waals surface area contributed by atoms with E-state index >= 15 is 0 Å². The molecule has 5 rings (SSSR count). The third-order valence-electron chi connectivity index (χ3n) is 5.66. The first-order valence-electron chi connectivity index (χ1n) is 10.8. The molecular formula is C26H23N3O3S. The van der Waals surface area contributed by atoms with Gasteiger partial charge < -0.3 is 10.1 Å². The number of carbonyl (C=O) groups is 1. The standard InChI is InChI=1S/C26H23N3O3S/c1-17-10-12-18(13-11-17)29-25(31)20-7-2-4-8-21(20)28-26(29)33-16-24(30)27-22-14-15-32-23-9-5-3-6-19(22)23/h2-13,22H,14-16H2,1H3,(H,27,30)/t22-/m0/s1. The lowest BCUT2D eigenvalue weighted by atomic mass is 10.0. The van der Waals surface area contributed by atoms with Crippen molar-refractivity contribution in [1.29, 1.82) is 0 Å². The van der Waals surface area contributed by atoms with Crippen molar-refractivity contribution in [2.75, 3.05) is 12.4 Å². The van der Waals surface area contributed by atoms with Crippen molar-refractivity contribution in [1.82, 2.24) is 14.9 Å². The lowest BCUT2D eigenvalue weighted by Gasteiger charge is -2.26. The first kappa shape index (κ1) is 21.3. The number of benzene rings is 3. The molecule has 6 nitrogen and oxygen atoms in total. The number of thioether (sulfide) groups is 1. The fourth-order valence-corrected chi connectivity index (χ4v) is 4.81. The number of nitrogens with zero attached hydrogens (tertiary/aromatic N) is 2. The van der Waals surface area contributed by atoms with Crippen LogP contribution >= 0.6 is 11.8 Å². The number of carbonyl (C=O) groups excluding carboxylic acids is 1. The van der Waals surface area contributed by atoms with Crippen LogP contribution in [0.25, 0.3) is 16.6 Å². The largest absolute Gasteiger partial charge is 0.493 e. The van der Waals surface area contributed by atoms with E-state index in [1.54, 1.807) is 10.6 Å². The molecule has 7 heteroatoms. The number of nitrogens with one attached hydrogen (secondary N) is 1. The third-order valence-corrected chi connectivity index (χ3v) is 6.60. The Kier molecular flexibility index (Phi) is 5.88. The molecule has 2 heterocycles. The number of hydrogen-bond donors (Lipinski definition) is 1. The van der Waals surface area contributed by atoms with Crippen molar-refractivity contribution in [3.05, 3.63) is 94.3 Å². The highest BCUT2D eigenvalue weighted by Gasteiger charge is 2.23. The smallest absolute Gasteiger partial charge is 0.266 e. The molecule has 4 aromatic rings. The van der Waals surface area contributed by atoms with Gasteiger partial charge in [-0.3, -0.25) is 14.2 Å². The van der Waals surface area contributed by atoms with Gasteiger partial charge in [0.1, 0.15) is 5.75 Å². The Bertz CT molecular complexity index is 1380. The second-order valence-electron chi connectivity index (χ2n) is 7.97. The van der Waals surface area contributed by atoms with Gasteiger partial charge in [0, 0.05) is 12.0 Å². The van der Waals surface area contributed by atoms with Crippen LogP contribution in [0.5, 0.6) is 5.75 Å². The lowest BCUT2D eigenvalue weighted by Crippen LogP contribution is -2.33. The number of amides is 1. The molecule has 0 fully saturated rings. The third kappa shape index (κ3) is 4.36. The second kappa shape index (κ2) is 9.11. The average molecular weight is 458 g/mol. The molecule has 3 aromatic carbocycles. The summed E-state index contributed by atoms with van der Waals surface area (Å²) < 4.78 is 7.27. The van der Waals surface area contributed by atoms with E-state index in [9.17, 15) is 9.59 Å². The van der Waals surface area contributed by atoms with E-state index in [1.165, 1.54) is 11.8 Å². The summed E-state index contributed by atoms with van der Waals surface area (Å²) in [5, 5.41) is 4.15. The molecule has 0 aliphatic carbocycles. The first-order valence-corrected chi connectivity index (χ1v) is 11.8. The summed E-state index contributed by atoms with van der Waals surface area (Å²) in [5.74, 6) is 0.849. The van der Waals surface area contributed by atoms with Crippen LogP contribution in [0.4, 0.5) is 0 Å². The number of ether oxygens (including phenoxy) is 1. The average Bonchev–Trinajstić information content (AvgIpc) is 2.84. The molecule has 1 amide bonds. The van der Waals surface area contributed by atoms with Crippen LogP contribution in [0.15, 0.2) is 82.7 Å². The first-order chi connectivity index (χ1) is 16.1. The van der Waals surface area contributed by atoms with Gasteiger partial charge in [0.15, 0.2) is 5.16 Å². The molecule has 0 bridgehead atoms. The van der Waals surface area contributed by atoms with E-state index < -0.39 is 0 Å². The van der Waals surface area contributed by atoms with Crippen molar-refractivity contribution in [2.45, 2.75) is 24.5 Å². The van der Waals surface area contributed by atoms with Gasteiger partial charge in [-0.2, -0.15) is 0 Å². The van der Waals surface area contributed by atoms with Gasteiger partial charge in [-0.25, -0.2) is 4.98 Å². The van der Waals surface area contributed by atoms with Gasteiger partial charge in [-0.05, 0) is 37.3 Å². The van der Waals surface area contributed by atoms with Gasteiger partial charge in [-0.15, -0.1) is 0 Å². The van der Waals surface area contributed by atoms with Crippen molar-refractivity contribution >= 4 is 28.6 Å². The van der Waals surface area contributed by atoms with Gasteiger partial charge in [-0.1, -0.05) is 59.8 Å². The minimum absolute atomic E-state index is 0.0908. The topological polar surface area (TPSA) is 73.2 Å². The fraction of sp³-hybridized carbons (Fsp3) is 0.192. The summed E-state index contributed by atoms with van der Waals surface area (Å²) in [4.78, 5) is 30.9. The van der Waals surface area contributed by atoms with Crippen LogP contribution in [-0.2, 0) is 4.79 Å². The Morgan fingerprint density at radius 1 is 1.09 bits per heavy atom. The molecule has 0 saturated heterocycles. The summed E-state index contributed by atoms with van der Waals surface area (Å²) >= 11 is 1.26. The summed E-state index contributed by atoms with van der Waals surface area (Å²) in [7, 11) is 0. The molecule has 0 radical (unpaired) electrons. The molecule has 0 unspecified atom stereocenters. The van der Waals surface area contributed by atoms with E-state index in [0.29, 0.717) is 22.7 Å². The highest BCUT2D eigenvalue weighted by molar-refractivity contribution is 7.99. The van der Waals surface area contributed by atoms with Crippen LogP contribution in [0, 0.1) is 6.92 Å². The number of rotatable bonds is 5. The Morgan fingerprint density at radius 3 is 2.70 bits per heavy atom. The highest BCUT2D eigenvalue weighted by Crippen LogP contribution is 2.31. The molecule has 1 aliphatic rings. The zero-order valence-corrected chi connectivity index (χ0v) is 19.0. The summed E-state index contributed by atoms with van der Waals surface area (Å²) in [6.45, 7) is 2.56. The number of aryl methyl sites for hydroxylation is 1. The van der Waals surface area contributed by atoms with Crippen molar-refractivity contribution in [3.63, 3.8) is 0 Å². The van der Waals surface area contributed by atoms with Crippen LogP contribution in [0.1, 0.15) is 23.6 Å². The van der Waals surface area contributed by atoms with Crippen molar-refractivity contribution < 1.29 is 9.53 Å². The number of hydrogen-bond acceptors (Lipinski definition) is 5. The zero-order valence-electron chi connectivity index (χ0n) is 18.2. The number of para-hydroxylation sites is 2. The van der Waals surface area contributed by atoms with Crippen molar-refractivity contribution in [2.24, 2.45) is 0 Å². The van der Waals surface area contributed by atoms with Crippen LogP contribution in [0.3, 0.4) is 0 Å². The maximum Gasteiger partial charge on any atom is 0.266 e.